The molecule has 1 N–H and O–H groups in total. The molecule has 0 spiro atoms. The standard InChI is InChI=1S/C11H13ClN4/c1-7-9-6-8(12)4-5-10(9)14-11(13-2)16(3)15-7/h4-6H,1-3H3,(H,13,14). The van der Waals surface area contributed by atoms with Crippen LogP contribution in [0.3, 0.4) is 0 Å². The Labute approximate surface area is 99.6 Å². The van der Waals surface area contributed by atoms with Crippen LogP contribution in [-0.2, 0) is 0 Å². The number of halogens is 1. The van der Waals surface area contributed by atoms with Gasteiger partial charge in [0.2, 0.25) is 5.96 Å². The third-order valence-electron chi connectivity index (χ3n) is 2.44. The zero-order valence-electron chi connectivity index (χ0n) is 9.45. The molecule has 0 saturated carbocycles. The summed E-state index contributed by atoms with van der Waals surface area (Å²) in [6.45, 7) is 1.95. The van der Waals surface area contributed by atoms with Gasteiger partial charge in [-0.25, -0.2) is 5.01 Å². The predicted molar refractivity (Wildman–Crippen MR) is 68.4 cm³/mol. The van der Waals surface area contributed by atoms with Crippen molar-refractivity contribution in [1.29, 1.82) is 0 Å². The number of fused-ring (bicyclic) bond motifs is 1. The van der Waals surface area contributed by atoms with Crippen LogP contribution in [0.1, 0.15) is 12.5 Å². The summed E-state index contributed by atoms with van der Waals surface area (Å²) >= 11 is 5.98. The summed E-state index contributed by atoms with van der Waals surface area (Å²) < 4.78 is 0. The molecule has 0 fully saturated rings. The molecule has 0 aromatic heterocycles. The Morgan fingerprint density at radius 2 is 2.19 bits per heavy atom. The number of anilines is 1. The van der Waals surface area contributed by atoms with Crippen LogP contribution in [0.4, 0.5) is 5.69 Å². The number of benzene rings is 1. The quantitative estimate of drug-likeness (QED) is 0.752. The number of aliphatic imine (C=N–C) groups is 1. The minimum Gasteiger partial charge on any atom is -0.324 e. The van der Waals surface area contributed by atoms with Crippen molar-refractivity contribution in [2.45, 2.75) is 6.92 Å². The van der Waals surface area contributed by atoms with E-state index in [0.29, 0.717) is 11.0 Å². The van der Waals surface area contributed by atoms with Gasteiger partial charge in [-0.05, 0) is 25.1 Å². The number of hydrogen-bond acceptors (Lipinski definition) is 2. The van der Waals surface area contributed by atoms with Crippen molar-refractivity contribution >= 4 is 29.0 Å². The summed E-state index contributed by atoms with van der Waals surface area (Å²) in [5, 5.41) is 10.0. The Balaban J connectivity index is 2.57. The van der Waals surface area contributed by atoms with Crippen molar-refractivity contribution in [2.24, 2.45) is 10.1 Å². The van der Waals surface area contributed by atoms with Crippen LogP contribution >= 0.6 is 11.6 Å². The summed E-state index contributed by atoms with van der Waals surface area (Å²) in [5.41, 5.74) is 2.87. The second-order valence-corrected chi connectivity index (χ2v) is 4.01. The molecule has 0 radical (unpaired) electrons. The molecule has 1 heterocycles. The number of nitrogens with zero attached hydrogens (tertiary/aromatic N) is 3. The highest BCUT2D eigenvalue weighted by molar-refractivity contribution is 6.31. The van der Waals surface area contributed by atoms with Crippen molar-refractivity contribution in [2.75, 3.05) is 19.4 Å². The molecule has 1 aromatic rings. The summed E-state index contributed by atoms with van der Waals surface area (Å²) in [5.74, 6) is 0.709. The fourth-order valence-electron chi connectivity index (χ4n) is 1.65. The molecule has 0 atom stereocenters. The van der Waals surface area contributed by atoms with E-state index in [4.69, 9.17) is 11.6 Å². The molecule has 0 aliphatic carbocycles. The summed E-state index contributed by atoms with van der Waals surface area (Å²) in [7, 11) is 3.58. The summed E-state index contributed by atoms with van der Waals surface area (Å²) in [4.78, 5) is 4.14. The lowest BCUT2D eigenvalue weighted by atomic mass is 10.1. The van der Waals surface area contributed by atoms with Gasteiger partial charge < -0.3 is 5.32 Å². The predicted octanol–water partition coefficient (Wildman–Crippen LogP) is 2.41. The third kappa shape index (κ3) is 1.88. The highest BCUT2D eigenvalue weighted by Crippen LogP contribution is 2.23. The van der Waals surface area contributed by atoms with E-state index in [1.165, 1.54) is 0 Å². The van der Waals surface area contributed by atoms with Gasteiger partial charge in [0.25, 0.3) is 0 Å². The number of hydrazone groups is 1. The third-order valence-corrected chi connectivity index (χ3v) is 2.67. The van der Waals surface area contributed by atoms with Crippen molar-refractivity contribution in [3.63, 3.8) is 0 Å². The van der Waals surface area contributed by atoms with E-state index in [-0.39, 0.29) is 0 Å². The molecule has 84 valence electrons. The van der Waals surface area contributed by atoms with Crippen molar-refractivity contribution in [3.8, 4) is 0 Å². The molecule has 1 aromatic carbocycles. The average molecular weight is 237 g/mol. The van der Waals surface area contributed by atoms with Crippen molar-refractivity contribution < 1.29 is 0 Å². The first-order chi connectivity index (χ1) is 7.61. The first-order valence-corrected chi connectivity index (χ1v) is 5.32. The second kappa shape index (κ2) is 4.14. The van der Waals surface area contributed by atoms with Crippen LogP contribution in [0.15, 0.2) is 28.3 Å². The summed E-state index contributed by atoms with van der Waals surface area (Å²) in [6.07, 6.45) is 0. The Morgan fingerprint density at radius 3 is 2.88 bits per heavy atom. The Morgan fingerprint density at radius 1 is 1.44 bits per heavy atom. The molecule has 1 aliphatic rings. The zero-order chi connectivity index (χ0) is 11.7. The zero-order valence-corrected chi connectivity index (χ0v) is 10.2. The second-order valence-electron chi connectivity index (χ2n) is 3.57. The first-order valence-electron chi connectivity index (χ1n) is 4.94. The Bertz CT molecular complexity index is 479. The Kier molecular flexibility index (Phi) is 2.83. The number of guanidine groups is 1. The molecular weight excluding hydrogens is 224 g/mol. The largest absolute Gasteiger partial charge is 0.324 e. The lowest BCUT2D eigenvalue weighted by molar-refractivity contribution is 0.543. The molecule has 4 nitrogen and oxygen atoms in total. The normalized spacial score (nSPS) is 17.6. The number of hydrogen-bond donors (Lipinski definition) is 1. The highest BCUT2D eigenvalue weighted by Gasteiger charge is 2.15. The maximum absolute atomic E-state index is 5.98. The minimum absolute atomic E-state index is 0.703. The molecule has 0 unspecified atom stereocenters. The molecule has 5 heteroatoms. The van der Waals surface area contributed by atoms with Crippen molar-refractivity contribution in [1.82, 2.24) is 5.01 Å². The lowest BCUT2D eigenvalue weighted by Crippen LogP contribution is -2.27. The molecule has 0 amide bonds. The maximum atomic E-state index is 5.98. The summed E-state index contributed by atoms with van der Waals surface area (Å²) in [6, 6.07) is 5.68. The van der Waals surface area contributed by atoms with Crippen LogP contribution in [0.5, 0.6) is 0 Å². The van der Waals surface area contributed by atoms with Crippen LogP contribution < -0.4 is 5.32 Å². The molecule has 0 saturated heterocycles. The fourth-order valence-corrected chi connectivity index (χ4v) is 1.83. The van der Waals surface area contributed by atoms with Crippen LogP contribution in [-0.4, -0.2) is 30.8 Å². The van der Waals surface area contributed by atoms with Gasteiger partial charge in [-0.3, -0.25) is 4.99 Å². The van der Waals surface area contributed by atoms with Gasteiger partial charge in [0.05, 0.1) is 11.4 Å². The van der Waals surface area contributed by atoms with E-state index in [9.17, 15) is 0 Å². The molecule has 2 rings (SSSR count). The highest BCUT2D eigenvalue weighted by atomic mass is 35.5. The average Bonchev–Trinajstić information content (AvgIpc) is 2.37. The monoisotopic (exact) mass is 236 g/mol. The van der Waals surface area contributed by atoms with Gasteiger partial charge in [0.15, 0.2) is 0 Å². The van der Waals surface area contributed by atoms with Gasteiger partial charge >= 0.3 is 0 Å². The van der Waals surface area contributed by atoms with Crippen molar-refractivity contribution in [3.05, 3.63) is 28.8 Å². The number of nitrogens with one attached hydrogen (secondary N) is 1. The maximum Gasteiger partial charge on any atom is 0.218 e. The van der Waals surface area contributed by atoms with E-state index in [1.807, 2.05) is 32.2 Å². The molecule has 1 aliphatic heterocycles. The van der Waals surface area contributed by atoms with Crippen LogP contribution in [0, 0.1) is 0 Å². The smallest absolute Gasteiger partial charge is 0.218 e. The van der Waals surface area contributed by atoms with Crippen LogP contribution in [0.25, 0.3) is 0 Å². The first kappa shape index (κ1) is 11.0. The van der Waals surface area contributed by atoms with E-state index < -0.39 is 0 Å². The van der Waals surface area contributed by atoms with Gasteiger partial charge in [-0.15, -0.1) is 0 Å². The molecule has 16 heavy (non-hydrogen) atoms. The van der Waals surface area contributed by atoms with E-state index in [1.54, 1.807) is 12.1 Å². The van der Waals surface area contributed by atoms with E-state index in [0.717, 1.165) is 17.0 Å². The molecular formula is C11H13ClN4. The van der Waals surface area contributed by atoms with Gasteiger partial charge in [-0.2, -0.15) is 5.10 Å². The Hall–Kier alpha value is -1.55. The van der Waals surface area contributed by atoms with E-state index >= 15 is 0 Å². The minimum atomic E-state index is 0.703. The van der Waals surface area contributed by atoms with Gasteiger partial charge in [0.1, 0.15) is 0 Å². The van der Waals surface area contributed by atoms with Gasteiger partial charge in [0, 0.05) is 24.7 Å². The number of rotatable bonds is 0. The van der Waals surface area contributed by atoms with E-state index in [2.05, 4.69) is 15.4 Å². The molecule has 0 bridgehead atoms. The topological polar surface area (TPSA) is 40.0 Å². The lowest BCUT2D eigenvalue weighted by Gasteiger charge is -2.14. The SMILES string of the molecule is CN=C1Nc2ccc(Cl)cc2C(C)=NN1C. The fraction of sp³-hybridized carbons (Fsp3) is 0.273. The van der Waals surface area contributed by atoms with Gasteiger partial charge in [-0.1, -0.05) is 11.6 Å². The van der Waals surface area contributed by atoms with Crippen LogP contribution in [0.2, 0.25) is 5.02 Å².